The van der Waals surface area contributed by atoms with Crippen molar-refractivity contribution in [2.45, 2.75) is 12.5 Å². The second-order valence-corrected chi connectivity index (χ2v) is 2.77. The maximum absolute atomic E-state index is 10.5. The molecule has 1 aliphatic rings. The van der Waals surface area contributed by atoms with Crippen molar-refractivity contribution in [1.82, 2.24) is 0 Å². The first kappa shape index (κ1) is 8.47. The van der Waals surface area contributed by atoms with Crippen LogP contribution in [0.5, 0.6) is 0 Å². The molecule has 60 valence electrons. The molecular weight excluding hydrogens is 164 g/mol. The Morgan fingerprint density at radius 3 is 3.09 bits per heavy atom. The molecule has 0 amide bonds. The average Bonchev–Trinajstić information content (AvgIpc) is 2.52. The molecule has 0 radical (unpaired) electrons. The summed E-state index contributed by atoms with van der Waals surface area (Å²) in [6.07, 6.45) is 5.22. The zero-order chi connectivity index (χ0) is 8.10. The molecule has 11 heavy (non-hydrogen) atoms. The van der Waals surface area contributed by atoms with Crippen LogP contribution in [0.15, 0.2) is 0 Å². The van der Waals surface area contributed by atoms with Gasteiger partial charge in [0.2, 0.25) is 0 Å². The van der Waals surface area contributed by atoms with Crippen LogP contribution >= 0.6 is 0 Å². The molecule has 1 rings (SSSR count). The van der Waals surface area contributed by atoms with Crippen LogP contribution in [0.4, 0.5) is 0 Å². The van der Waals surface area contributed by atoms with E-state index in [-0.39, 0.29) is 12.9 Å². The van der Waals surface area contributed by atoms with Crippen molar-refractivity contribution in [3.8, 4) is 12.3 Å². The SMILES string of the molecule is C#CCC(=S=O)C1COCO1. The van der Waals surface area contributed by atoms with Gasteiger partial charge in [-0.15, -0.1) is 12.3 Å². The van der Waals surface area contributed by atoms with Crippen LogP contribution < -0.4 is 0 Å². The second kappa shape index (κ2) is 4.29. The van der Waals surface area contributed by atoms with Crippen molar-refractivity contribution < 1.29 is 13.7 Å². The third kappa shape index (κ3) is 2.15. The van der Waals surface area contributed by atoms with Gasteiger partial charge in [-0.25, -0.2) is 4.21 Å². The van der Waals surface area contributed by atoms with E-state index in [0.717, 1.165) is 0 Å². The normalized spacial score (nSPS) is 22.6. The summed E-state index contributed by atoms with van der Waals surface area (Å²) in [5, 5.41) is 0. The van der Waals surface area contributed by atoms with E-state index in [1.54, 1.807) is 0 Å². The maximum Gasteiger partial charge on any atom is 0.147 e. The van der Waals surface area contributed by atoms with Crippen molar-refractivity contribution >= 4 is 16.1 Å². The Kier molecular flexibility index (Phi) is 3.30. The lowest BCUT2D eigenvalue weighted by Crippen LogP contribution is -2.22. The highest BCUT2D eigenvalue weighted by molar-refractivity contribution is 7.66. The fourth-order valence-electron chi connectivity index (χ4n) is 0.817. The summed E-state index contributed by atoms with van der Waals surface area (Å²) in [6.45, 7) is 0.714. The van der Waals surface area contributed by atoms with Crippen LogP contribution in [0.3, 0.4) is 0 Å². The summed E-state index contributed by atoms with van der Waals surface area (Å²) < 4.78 is 20.5. The first-order valence-electron chi connectivity index (χ1n) is 3.17. The third-order valence-corrected chi connectivity index (χ3v) is 1.99. The number of hydrogen-bond acceptors (Lipinski definition) is 3. The Labute approximate surface area is 68.8 Å². The average molecular weight is 172 g/mol. The first-order valence-corrected chi connectivity index (χ1v) is 3.91. The fourth-order valence-corrected chi connectivity index (χ4v) is 1.20. The quantitative estimate of drug-likeness (QED) is 0.426. The molecule has 0 bridgehead atoms. The topological polar surface area (TPSA) is 35.5 Å². The highest BCUT2D eigenvalue weighted by Crippen LogP contribution is 2.05. The molecule has 1 heterocycles. The van der Waals surface area contributed by atoms with Gasteiger partial charge >= 0.3 is 0 Å². The fraction of sp³-hybridized carbons (Fsp3) is 0.571. The lowest BCUT2D eigenvalue weighted by atomic mass is 10.2. The zero-order valence-corrected chi connectivity index (χ0v) is 6.73. The number of rotatable bonds is 2. The molecule has 0 aromatic rings. The van der Waals surface area contributed by atoms with Crippen LogP contribution in [0.25, 0.3) is 0 Å². The standard InChI is InChI=1S/C7H8O3S/c1-2-3-7(11-8)6-4-9-5-10-6/h1,6H,3-5H2. The van der Waals surface area contributed by atoms with Gasteiger partial charge in [0.15, 0.2) is 0 Å². The number of ether oxygens (including phenoxy) is 2. The minimum Gasteiger partial charge on any atom is -0.352 e. The Morgan fingerprint density at radius 1 is 1.82 bits per heavy atom. The van der Waals surface area contributed by atoms with E-state index in [1.165, 1.54) is 0 Å². The van der Waals surface area contributed by atoms with Gasteiger partial charge in [0.05, 0.1) is 22.7 Å². The minimum atomic E-state index is -0.200. The smallest absolute Gasteiger partial charge is 0.147 e. The van der Waals surface area contributed by atoms with Gasteiger partial charge in [-0.2, -0.15) is 0 Å². The molecule has 1 saturated heterocycles. The summed E-state index contributed by atoms with van der Waals surface area (Å²) >= 11 is 0.411. The molecule has 1 fully saturated rings. The zero-order valence-electron chi connectivity index (χ0n) is 5.91. The van der Waals surface area contributed by atoms with E-state index in [4.69, 9.17) is 15.9 Å². The van der Waals surface area contributed by atoms with Crippen molar-refractivity contribution in [2.75, 3.05) is 13.4 Å². The number of terminal acetylenes is 1. The monoisotopic (exact) mass is 172 g/mol. The third-order valence-electron chi connectivity index (χ3n) is 1.36. The van der Waals surface area contributed by atoms with Crippen LogP contribution in [0.2, 0.25) is 0 Å². The minimum absolute atomic E-state index is 0.200. The summed E-state index contributed by atoms with van der Waals surface area (Å²) in [6, 6.07) is 0. The largest absolute Gasteiger partial charge is 0.352 e. The Hall–Kier alpha value is -0.630. The second-order valence-electron chi connectivity index (χ2n) is 2.07. The molecular formula is C7H8O3S. The van der Waals surface area contributed by atoms with Gasteiger partial charge in [0.25, 0.3) is 0 Å². The predicted molar refractivity (Wildman–Crippen MR) is 42.3 cm³/mol. The molecule has 0 spiro atoms. The molecule has 0 saturated carbocycles. The maximum atomic E-state index is 10.5. The highest BCUT2D eigenvalue weighted by Gasteiger charge is 2.20. The molecule has 0 N–H and O–H groups in total. The van der Waals surface area contributed by atoms with Crippen molar-refractivity contribution in [1.29, 1.82) is 0 Å². The van der Waals surface area contributed by atoms with Gasteiger partial charge in [-0.05, 0) is 0 Å². The van der Waals surface area contributed by atoms with Crippen LogP contribution in [0.1, 0.15) is 6.42 Å². The molecule has 0 aromatic carbocycles. The predicted octanol–water partition coefficient (Wildman–Crippen LogP) is -0.232. The van der Waals surface area contributed by atoms with Crippen LogP contribution in [0, 0.1) is 12.3 Å². The lowest BCUT2D eigenvalue weighted by molar-refractivity contribution is 0.0607. The lowest BCUT2D eigenvalue weighted by Gasteiger charge is -2.03. The van der Waals surface area contributed by atoms with E-state index >= 15 is 0 Å². The summed E-state index contributed by atoms with van der Waals surface area (Å²) in [7, 11) is 0. The van der Waals surface area contributed by atoms with Gasteiger partial charge in [0.1, 0.15) is 12.9 Å². The molecule has 1 unspecified atom stereocenters. The summed E-state index contributed by atoms with van der Waals surface area (Å²) in [5.41, 5.74) is 0. The van der Waals surface area contributed by atoms with E-state index in [2.05, 4.69) is 5.92 Å². The molecule has 4 heteroatoms. The van der Waals surface area contributed by atoms with Gasteiger partial charge < -0.3 is 9.47 Å². The van der Waals surface area contributed by atoms with E-state index < -0.39 is 0 Å². The molecule has 1 atom stereocenters. The Balaban J connectivity index is 2.56. The van der Waals surface area contributed by atoms with Crippen molar-refractivity contribution in [3.05, 3.63) is 0 Å². The summed E-state index contributed by atoms with van der Waals surface area (Å²) in [4.78, 5) is 0.630. The van der Waals surface area contributed by atoms with Gasteiger partial charge in [-0.1, -0.05) is 0 Å². The highest BCUT2D eigenvalue weighted by atomic mass is 32.1. The van der Waals surface area contributed by atoms with E-state index in [1.807, 2.05) is 0 Å². The van der Waals surface area contributed by atoms with Gasteiger partial charge in [0, 0.05) is 6.42 Å². The summed E-state index contributed by atoms with van der Waals surface area (Å²) in [5.74, 6) is 2.40. The van der Waals surface area contributed by atoms with Crippen LogP contribution in [-0.2, 0) is 20.7 Å². The Bertz CT molecular complexity index is 218. The molecule has 0 aromatic heterocycles. The van der Waals surface area contributed by atoms with E-state index in [9.17, 15) is 4.21 Å². The van der Waals surface area contributed by atoms with E-state index in [0.29, 0.717) is 29.1 Å². The van der Waals surface area contributed by atoms with Gasteiger partial charge in [-0.3, -0.25) is 0 Å². The molecule has 0 aliphatic carbocycles. The number of hydrogen-bond donors (Lipinski definition) is 0. The Morgan fingerprint density at radius 2 is 2.64 bits per heavy atom. The first-order chi connectivity index (χ1) is 5.38. The van der Waals surface area contributed by atoms with Crippen molar-refractivity contribution in [2.24, 2.45) is 0 Å². The molecule has 1 aliphatic heterocycles. The van der Waals surface area contributed by atoms with Crippen molar-refractivity contribution in [3.63, 3.8) is 0 Å². The van der Waals surface area contributed by atoms with Crippen LogP contribution in [-0.4, -0.2) is 28.6 Å². The molecule has 3 nitrogen and oxygen atoms in total.